The molecule has 0 rings (SSSR count). The van der Waals surface area contributed by atoms with Crippen molar-refractivity contribution in [1.82, 2.24) is 0 Å². The van der Waals surface area contributed by atoms with Crippen molar-refractivity contribution >= 4 is 11.9 Å². The highest BCUT2D eigenvalue weighted by molar-refractivity contribution is 5.86. The number of hydrogen-bond donors (Lipinski definition) is 0. The van der Waals surface area contributed by atoms with Crippen LogP contribution in [0.5, 0.6) is 0 Å². The average molecular weight is 200 g/mol. The van der Waals surface area contributed by atoms with Crippen LogP contribution in [0, 0.1) is 5.92 Å². The van der Waals surface area contributed by atoms with Gasteiger partial charge in [-0.15, -0.1) is 0 Å². The zero-order chi connectivity index (χ0) is 11.0. The first-order valence-electron chi connectivity index (χ1n) is 5.36. The van der Waals surface area contributed by atoms with Gasteiger partial charge in [0.05, 0.1) is 5.92 Å². The van der Waals surface area contributed by atoms with Gasteiger partial charge in [-0.05, 0) is 12.8 Å². The van der Waals surface area contributed by atoms with E-state index in [4.69, 9.17) is 0 Å². The second-order valence-electron chi connectivity index (χ2n) is 3.59. The van der Waals surface area contributed by atoms with E-state index >= 15 is 0 Å². The van der Waals surface area contributed by atoms with Crippen molar-refractivity contribution in [2.75, 3.05) is 0 Å². The van der Waals surface area contributed by atoms with Crippen molar-refractivity contribution in [3.63, 3.8) is 0 Å². The van der Waals surface area contributed by atoms with Crippen LogP contribution in [-0.2, 0) is 14.3 Å². The third kappa shape index (κ3) is 5.73. The zero-order valence-electron chi connectivity index (χ0n) is 9.34. The van der Waals surface area contributed by atoms with Gasteiger partial charge in [-0.2, -0.15) is 0 Å². The van der Waals surface area contributed by atoms with Crippen LogP contribution >= 0.6 is 0 Å². The minimum atomic E-state index is -0.389. The Morgan fingerprint density at radius 3 is 2.36 bits per heavy atom. The van der Waals surface area contributed by atoms with Crippen molar-refractivity contribution in [1.29, 1.82) is 0 Å². The van der Waals surface area contributed by atoms with Crippen LogP contribution in [0.25, 0.3) is 0 Å². The summed E-state index contributed by atoms with van der Waals surface area (Å²) in [5.74, 6) is -0.932. The van der Waals surface area contributed by atoms with Crippen molar-refractivity contribution in [2.45, 2.75) is 52.9 Å². The van der Waals surface area contributed by atoms with E-state index in [1.165, 1.54) is 0 Å². The van der Waals surface area contributed by atoms with E-state index in [0.29, 0.717) is 6.42 Å². The lowest BCUT2D eigenvalue weighted by Gasteiger charge is -2.08. The summed E-state index contributed by atoms with van der Waals surface area (Å²) in [6, 6.07) is 0. The summed E-state index contributed by atoms with van der Waals surface area (Å²) in [6.45, 7) is 5.79. The van der Waals surface area contributed by atoms with Crippen LogP contribution in [0.2, 0.25) is 0 Å². The van der Waals surface area contributed by atoms with Gasteiger partial charge in [-0.25, -0.2) is 0 Å². The molecule has 0 aliphatic rings. The Morgan fingerprint density at radius 1 is 1.21 bits per heavy atom. The van der Waals surface area contributed by atoms with E-state index in [1.807, 2.05) is 13.8 Å². The van der Waals surface area contributed by atoms with Gasteiger partial charge in [0.2, 0.25) is 0 Å². The molecule has 0 heterocycles. The van der Waals surface area contributed by atoms with E-state index in [9.17, 15) is 9.59 Å². The molecule has 1 unspecified atom stereocenters. The van der Waals surface area contributed by atoms with Gasteiger partial charge in [0.1, 0.15) is 0 Å². The topological polar surface area (TPSA) is 43.4 Å². The number of rotatable bonds is 6. The summed E-state index contributed by atoms with van der Waals surface area (Å²) in [6.07, 6.45) is 3.78. The maximum atomic E-state index is 11.3. The lowest BCUT2D eigenvalue weighted by atomic mass is 10.1. The molecule has 0 radical (unpaired) electrons. The highest BCUT2D eigenvalue weighted by atomic mass is 16.6. The molecule has 0 aromatic heterocycles. The van der Waals surface area contributed by atoms with Crippen molar-refractivity contribution < 1.29 is 14.3 Å². The Hall–Kier alpha value is -0.860. The normalized spacial score (nSPS) is 12.2. The molecule has 14 heavy (non-hydrogen) atoms. The minimum absolute atomic E-state index is 0.162. The second-order valence-corrected chi connectivity index (χ2v) is 3.59. The van der Waals surface area contributed by atoms with E-state index in [1.54, 1.807) is 6.92 Å². The third-order valence-corrected chi connectivity index (χ3v) is 2.07. The lowest BCUT2D eigenvalue weighted by Crippen LogP contribution is -2.18. The summed E-state index contributed by atoms with van der Waals surface area (Å²) in [4.78, 5) is 22.3. The van der Waals surface area contributed by atoms with E-state index in [0.717, 1.165) is 25.7 Å². The standard InChI is InChI=1S/C11H20O3/c1-4-6-8-10(12)14-11(13)9(3)7-5-2/h9H,4-8H2,1-3H3. The van der Waals surface area contributed by atoms with Crippen LogP contribution in [0.15, 0.2) is 0 Å². The molecule has 82 valence electrons. The SMILES string of the molecule is CCCCC(=O)OC(=O)C(C)CCC. The van der Waals surface area contributed by atoms with Gasteiger partial charge in [0.15, 0.2) is 0 Å². The van der Waals surface area contributed by atoms with Crippen LogP contribution in [0.4, 0.5) is 0 Å². The number of ether oxygens (including phenoxy) is 1. The molecule has 0 aliphatic carbocycles. The third-order valence-electron chi connectivity index (χ3n) is 2.07. The largest absolute Gasteiger partial charge is 0.393 e. The Morgan fingerprint density at radius 2 is 1.86 bits per heavy atom. The number of esters is 2. The van der Waals surface area contributed by atoms with Crippen molar-refractivity contribution in [3.05, 3.63) is 0 Å². The maximum absolute atomic E-state index is 11.3. The van der Waals surface area contributed by atoms with Crippen LogP contribution < -0.4 is 0 Å². The molecule has 0 amide bonds. The lowest BCUT2D eigenvalue weighted by molar-refractivity contribution is -0.162. The summed E-state index contributed by atoms with van der Waals surface area (Å²) >= 11 is 0. The summed E-state index contributed by atoms with van der Waals surface area (Å²) in [7, 11) is 0. The summed E-state index contributed by atoms with van der Waals surface area (Å²) in [5.41, 5.74) is 0. The molecule has 0 saturated carbocycles. The Labute approximate surface area is 85.8 Å². The highest BCUT2D eigenvalue weighted by Crippen LogP contribution is 2.08. The monoisotopic (exact) mass is 200 g/mol. The van der Waals surface area contributed by atoms with Crippen LogP contribution in [-0.4, -0.2) is 11.9 Å². The Balaban J connectivity index is 3.75. The fourth-order valence-corrected chi connectivity index (χ4v) is 1.14. The quantitative estimate of drug-likeness (QED) is 0.489. The second kappa shape index (κ2) is 7.54. The molecular weight excluding hydrogens is 180 g/mol. The molecule has 0 bridgehead atoms. The van der Waals surface area contributed by atoms with Gasteiger partial charge in [-0.1, -0.05) is 33.6 Å². The molecule has 0 fully saturated rings. The van der Waals surface area contributed by atoms with Crippen molar-refractivity contribution in [3.8, 4) is 0 Å². The molecule has 0 aliphatic heterocycles. The molecular formula is C11H20O3. The Bertz CT molecular complexity index is 187. The molecule has 3 nitrogen and oxygen atoms in total. The molecule has 0 N–H and O–H groups in total. The number of carbonyl (C=O) groups excluding carboxylic acids is 2. The van der Waals surface area contributed by atoms with Crippen LogP contribution in [0.3, 0.4) is 0 Å². The number of hydrogen-bond acceptors (Lipinski definition) is 3. The van der Waals surface area contributed by atoms with E-state index in [-0.39, 0.29) is 17.9 Å². The van der Waals surface area contributed by atoms with Gasteiger partial charge in [0.25, 0.3) is 0 Å². The Kier molecular flexibility index (Phi) is 7.07. The predicted octanol–water partition coefficient (Wildman–Crippen LogP) is 2.68. The van der Waals surface area contributed by atoms with Crippen molar-refractivity contribution in [2.24, 2.45) is 5.92 Å². The first-order valence-corrected chi connectivity index (χ1v) is 5.36. The maximum Gasteiger partial charge on any atom is 0.316 e. The molecule has 3 heteroatoms. The van der Waals surface area contributed by atoms with E-state index < -0.39 is 0 Å². The van der Waals surface area contributed by atoms with Gasteiger partial charge in [0, 0.05) is 6.42 Å². The van der Waals surface area contributed by atoms with Crippen LogP contribution in [0.1, 0.15) is 52.9 Å². The van der Waals surface area contributed by atoms with Gasteiger partial charge < -0.3 is 4.74 Å². The number of carbonyl (C=O) groups is 2. The highest BCUT2D eigenvalue weighted by Gasteiger charge is 2.16. The molecule has 0 saturated heterocycles. The molecule has 1 atom stereocenters. The zero-order valence-corrected chi connectivity index (χ0v) is 9.34. The number of unbranched alkanes of at least 4 members (excludes halogenated alkanes) is 1. The minimum Gasteiger partial charge on any atom is -0.393 e. The van der Waals surface area contributed by atoms with E-state index in [2.05, 4.69) is 4.74 Å². The first kappa shape index (κ1) is 13.1. The fraction of sp³-hybridized carbons (Fsp3) is 0.818. The first-order chi connectivity index (χ1) is 6.61. The smallest absolute Gasteiger partial charge is 0.316 e. The predicted molar refractivity (Wildman–Crippen MR) is 54.7 cm³/mol. The van der Waals surface area contributed by atoms with Gasteiger partial charge in [-0.3, -0.25) is 9.59 Å². The summed E-state index contributed by atoms with van der Waals surface area (Å²) in [5, 5.41) is 0. The summed E-state index contributed by atoms with van der Waals surface area (Å²) < 4.78 is 4.69. The average Bonchev–Trinajstić information content (AvgIpc) is 2.15. The van der Waals surface area contributed by atoms with Gasteiger partial charge >= 0.3 is 11.9 Å². The molecule has 0 spiro atoms. The molecule has 0 aromatic carbocycles. The molecule has 0 aromatic rings. The fourth-order valence-electron chi connectivity index (χ4n) is 1.14.